The van der Waals surface area contributed by atoms with Gasteiger partial charge in [0.1, 0.15) is 5.01 Å². The molecule has 0 saturated heterocycles. The highest BCUT2D eigenvalue weighted by Gasteiger charge is 2.14. The van der Waals surface area contributed by atoms with E-state index in [0.717, 1.165) is 11.3 Å². The summed E-state index contributed by atoms with van der Waals surface area (Å²) in [5.41, 5.74) is 1.57. The third-order valence-electron chi connectivity index (χ3n) is 3.75. The average Bonchev–Trinajstić information content (AvgIpc) is 3.23. The van der Waals surface area contributed by atoms with Gasteiger partial charge >= 0.3 is 12.0 Å². The number of anilines is 2. The lowest BCUT2D eigenvalue weighted by molar-refractivity contribution is 0.0526. The molecule has 9 nitrogen and oxygen atoms in total. The van der Waals surface area contributed by atoms with Crippen molar-refractivity contribution in [1.82, 2.24) is 15.5 Å². The van der Waals surface area contributed by atoms with Crippen molar-refractivity contribution in [3.8, 4) is 0 Å². The lowest BCUT2D eigenvalue weighted by Crippen LogP contribution is -2.28. The lowest BCUT2D eigenvalue weighted by atomic mass is 10.2. The van der Waals surface area contributed by atoms with Crippen LogP contribution in [0.1, 0.15) is 32.1 Å². The standard InChI is InChI=1S/C20H19N5O4S/c1-2-29-19(27)13-8-10-15(11-9-13)23-20(28)21-12-16-24-25-18(30-16)17(26)22-14-6-4-3-5-7-14/h3-11H,2,12H2,1H3,(H,22,26)(H2,21,23,28). The normalized spacial score (nSPS) is 10.2. The SMILES string of the molecule is CCOC(=O)c1ccc(NC(=O)NCc2nnc(C(=O)Nc3ccccc3)s2)cc1. The maximum absolute atomic E-state index is 12.2. The zero-order valence-electron chi connectivity index (χ0n) is 16.0. The minimum Gasteiger partial charge on any atom is -0.462 e. The maximum atomic E-state index is 12.2. The van der Waals surface area contributed by atoms with Crippen LogP contribution < -0.4 is 16.0 Å². The minimum atomic E-state index is -0.454. The number of hydrogen-bond acceptors (Lipinski definition) is 7. The summed E-state index contributed by atoms with van der Waals surface area (Å²) >= 11 is 1.09. The number of carbonyl (C=O) groups is 3. The molecule has 0 bridgehead atoms. The molecular formula is C20H19N5O4S. The van der Waals surface area contributed by atoms with Gasteiger partial charge in [0.05, 0.1) is 18.7 Å². The van der Waals surface area contributed by atoms with Crippen LogP contribution in [0, 0.1) is 0 Å². The number of rotatable bonds is 7. The van der Waals surface area contributed by atoms with Crippen molar-refractivity contribution < 1.29 is 19.1 Å². The molecule has 154 valence electrons. The van der Waals surface area contributed by atoms with Gasteiger partial charge in [-0.2, -0.15) is 0 Å². The number of nitrogens with one attached hydrogen (secondary N) is 3. The third kappa shape index (κ3) is 5.85. The van der Waals surface area contributed by atoms with Crippen LogP contribution in [0.15, 0.2) is 54.6 Å². The van der Waals surface area contributed by atoms with E-state index in [-0.39, 0.29) is 17.5 Å². The first-order valence-corrected chi connectivity index (χ1v) is 9.87. The van der Waals surface area contributed by atoms with Gasteiger partial charge in [0.2, 0.25) is 5.01 Å². The van der Waals surface area contributed by atoms with Gasteiger partial charge in [-0.15, -0.1) is 10.2 Å². The van der Waals surface area contributed by atoms with Crippen LogP contribution >= 0.6 is 11.3 Å². The number of urea groups is 1. The molecule has 0 atom stereocenters. The number of aromatic nitrogens is 2. The van der Waals surface area contributed by atoms with E-state index in [1.54, 1.807) is 43.3 Å². The molecule has 1 heterocycles. The largest absolute Gasteiger partial charge is 0.462 e. The first kappa shape index (κ1) is 20.9. The van der Waals surface area contributed by atoms with Gasteiger partial charge in [0.25, 0.3) is 5.91 Å². The molecule has 30 heavy (non-hydrogen) atoms. The van der Waals surface area contributed by atoms with Crippen LogP contribution in [0.25, 0.3) is 0 Å². The van der Waals surface area contributed by atoms with Crippen LogP contribution in [-0.2, 0) is 11.3 Å². The molecule has 0 radical (unpaired) electrons. The van der Waals surface area contributed by atoms with E-state index >= 15 is 0 Å². The van der Waals surface area contributed by atoms with Gasteiger partial charge < -0.3 is 20.7 Å². The second-order valence-corrected chi connectivity index (χ2v) is 6.99. The zero-order valence-corrected chi connectivity index (χ0v) is 16.9. The van der Waals surface area contributed by atoms with E-state index in [0.29, 0.717) is 28.6 Å². The summed E-state index contributed by atoms with van der Waals surface area (Å²) in [6, 6.07) is 14.9. The number of esters is 1. The van der Waals surface area contributed by atoms with Gasteiger partial charge in [0.15, 0.2) is 0 Å². The number of para-hydroxylation sites is 1. The van der Waals surface area contributed by atoms with Crippen LogP contribution in [0.3, 0.4) is 0 Å². The van der Waals surface area contributed by atoms with E-state index in [2.05, 4.69) is 26.1 Å². The molecule has 3 N–H and O–H groups in total. The molecule has 0 saturated carbocycles. The number of carbonyl (C=O) groups excluding carboxylic acids is 3. The second-order valence-electron chi connectivity index (χ2n) is 5.93. The van der Waals surface area contributed by atoms with Crippen molar-refractivity contribution in [1.29, 1.82) is 0 Å². The highest BCUT2D eigenvalue weighted by atomic mass is 32.1. The Labute approximate surface area is 176 Å². The van der Waals surface area contributed by atoms with Crippen molar-refractivity contribution >= 4 is 40.6 Å². The Morgan fingerprint density at radius 2 is 1.63 bits per heavy atom. The van der Waals surface area contributed by atoms with Crippen LogP contribution in [-0.4, -0.2) is 34.7 Å². The molecule has 0 unspecified atom stereocenters. The molecule has 1 aromatic heterocycles. The predicted octanol–water partition coefficient (Wildman–Crippen LogP) is 3.29. The Morgan fingerprint density at radius 1 is 0.933 bits per heavy atom. The summed E-state index contributed by atoms with van der Waals surface area (Å²) in [7, 11) is 0. The Hall–Kier alpha value is -3.79. The Kier molecular flexibility index (Phi) is 7.06. The molecule has 0 spiro atoms. The molecule has 3 amide bonds. The summed E-state index contributed by atoms with van der Waals surface area (Å²) in [6.07, 6.45) is 0. The van der Waals surface area contributed by atoms with Crippen LogP contribution in [0.4, 0.5) is 16.2 Å². The summed E-state index contributed by atoms with van der Waals surface area (Å²) in [5.74, 6) is -0.784. The smallest absolute Gasteiger partial charge is 0.338 e. The summed E-state index contributed by atoms with van der Waals surface area (Å²) < 4.78 is 4.91. The molecule has 0 aliphatic rings. The molecule has 0 fully saturated rings. The molecule has 0 aliphatic heterocycles. The average molecular weight is 425 g/mol. The number of hydrogen-bond donors (Lipinski definition) is 3. The van der Waals surface area contributed by atoms with Gasteiger partial charge in [0, 0.05) is 11.4 Å². The molecule has 2 aromatic carbocycles. The topological polar surface area (TPSA) is 122 Å². The van der Waals surface area contributed by atoms with Gasteiger partial charge in [-0.05, 0) is 43.3 Å². The molecular weight excluding hydrogens is 406 g/mol. The monoisotopic (exact) mass is 425 g/mol. The third-order valence-corrected chi connectivity index (χ3v) is 4.67. The van der Waals surface area contributed by atoms with E-state index in [1.807, 2.05) is 18.2 Å². The van der Waals surface area contributed by atoms with E-state index in [4.69, 9.17) is 4.74 Å². The fourth-order valence-corrected chi connectivity index (χ4v) is 3.03. The minimum absolute atomic E-state index is 0.114. The first-order chi connectivity index (χ1) is 14.5. The summed E-state index contributed by atoms with van der Waals surface area (Å²) in [6.45, 7) is 2.14. The number of nitrogens with zero attached hydrogens (tertiary/aromatic N) is 2. The summed E-state index contributed by atoms with van der Waals surface area (Å²) in [5, 5.41) is 16.5. The first-order valence-electron chi connectivity index (χ1n) is 9.06. The van der Waals surface area contributed by atoms with Gasteiger partial charge in [-0.3, -0.25) is 4.79 Å². The van der Waals surface area contributed by atoms with Crippen molar-refractivity contribution in [2.24, 2.45) is 0 Å². The highest BCUT2D eigenvalue weighted by molar-refractivity contribution is 7.13. The Morgan fingerprint density at radius 3 is 2.33 bits per heavy atom. The highest BCUT2D eigenvalue weighted by Crippen LogP contribution is 2.14. The van der Waals surface area contributed by atoms with E-state index in [9.17, 15) is 14.4 Å². The number of ether oxygens (including phenoxy) is 1. The predicted molar refractivity (Wildman–Crippen MR) is 113 cm³/mol. The maximum Gasteiger partial charge on any atom is 0.338 e. The van der Waals surface area contributed by atoms with Crippen LogP contribution in [0.2, 0.25) is 0 Å². The fourth-order valence-electron chi connectivity index (χ4n) is 2.36. The molecule has 3 rings (SSSR count). The quantitative estimate of drug-likeness (QED) is 0.499. The molecule has 3 aromatic rings. The van der Waals surface area contributed by atoms with Crippen molar-refractivity contribution in [3.63, 3.8) is 0 Å². The second kappa shape index (κ2) is 10.1. The summed E-state index contributed by atoms with van der Waals surface area (Å²) in [4.78, 5) is 35.9. The Bertz CT molecular complexity index is 1020. The zero-order chi connectivity index (χ0) is 21.3. The molecule has 0 aliphatic carbocycles. The van der Waals surface area contributed by atoms with Crippen molar-refractivity contribution in [2.45, 2.75) is 13.5 Å². The van der Waals surface area contributed by atoms with E-state index < -0.39 is 12.0 Å². The number of benzene rings is 2. The van der Waals surface area contributed by atoms with Crippen molar-refractivity contribution in [3.05, 3.63) is 70.2 Å². The van der Waals surface area contributed by atoms with E-state index in [1.165, 1.54) is 0 Å². The Balaban J connectivity index is 1.48. The fraction of sp³-hybridized carbons (Fsp3) is 0.150. The van der Waals surface area contributed by atoms with Crippen molar-refractivity contribution in [2.75, 3.05) is 17.2 Å². The van der Waals surface area contributed by atoms with Gasteiger partial charge in [-0.1, -0.05) is 29.5 Å². The lowest BCUT2D eigenvalue weighted by Gasteiger charge is -2.07. The number of amides is 3. The molecule has 10 heteroatoms. The van der Waals surface area contributed by atoms with Gasteiger partial charge in [-0.25, -0.2) is 9.59 Å². The van der Waals surface area contributed by atoms with Crippen LogP contribution in [0.5, 0.6) is 0 Å².